The molecule has 1 fully saturated rings. The Kier molecular flexibility index (Phi) is 3.82. The Morgan fingerprint density at radius 1 is 1.15 bits per heavy atom. The molecular weight excluding hydrogens is 156 g/mol. The normalized spacial score (nSPS) is 33.9. The average molecular weight is 182 g/mol. The lowest BCUT2D eigenvalue weighted by Crippen LogP contribution is -2.37. The molecule has 3 atom stereocenters. The third kappa shape index (κ3) is 2.72. The van der Waals surface area contributed by atoms with Gasteiger partial charge in [0.15, 0.2) is 0 Å². The summed E-state index contributed by atoms with van der Waals surface area (Å²) in [5.41, 5.74) is 0. The van der Waals surface area contributed by atoms with E-state index in [1.165, 1.54) is 19.3 Å². The van der Waals surface area contributed by atoms with Crippen LogP contribution in [0.5, 0.6) is 0 Å². The van der Waals surface area contributed by atoms with Gasteiger partial charge >= 0.3 is 0 Å². The van der Waals surface area contributed by atoms with E-state index in [-0.39, 0.29) is 0 Å². The van der Waals surface area contributed by atoms with Crippen LogP contribution in [0.25, 0.3) is 0 Å². The molecule has 0 amide bonds. The Morgan fingerprint density at radius 3 is 2.15 bits per heavy atom. The lowest BCUT2D eigenvalue weighted by molar-refractivity contribution is 0.0396. The lowest BCUT2D eigenvalue weighted by atomic mass is 9.60. The molecule has 1 rings (SSSR count). The highest BCUT2D eigenvalue weighted by Crippen LogP contribution is 2.46. The minimum Gasteiger partial charge on any atom is -0.0628 e. The minimum absolute atomic E-state index is 0.894. The van der Waals surface area contributed by atoms with Gasteiger partial charge in [0.2, 0.25) is 0 Å². The monoisotopic (exact) mass is 182 g/mol. The summed E-state index contributed by atoms with van der Waals surface area (Å²) in [6, 6.07) is 0. The van der Waals surface area contributed by atoms with Gasteiger partial charge in [-0.05, 0) is 42.4 Å². The standard InChI is InChI=1S/C13H26/c1-9(2)6-7-12-8-13(10(3)4)11(12)5/h9-13H,6-8H2,1-5H3. The molecule has 1 aliphatic rings. The summed E-state index contributed by atoms with van der Waals surface area (Å²) < 4.78 is 0. The molecule has 0 nitrogen and oxygen atoms in total. The Hall–Kier alpha value is 0. The summed E-state index contributed by atoms with van der Waals surface area (Å²) in [5, 5.41) is 0. The predicted octanol–water partition coefficient (Wildman–Crippen LogP) is 4.35. The first kappa shape index (κ1) is 11.1. The summed E-state index contributed by atoms with van der Waals surface area (Å²) in [5.74, 6) is 4.88. The maximum Gasteiger partial charge on any atom is -0.0360 e. The zero-order chi connectivity index (χ0) is 10.0. The molecule has 0 N–H and O–H groups in total. The molecule has 3 unspecified atom stereocenters. The maximum atomic E-state index is 2.46. The molecular formula is C13H26. The van der Waals surface area contributed by atoms with Crippen molar-refractivity contribution in [2.75, 3.05) is 0 Å². The van der Waals surface area contributed by atoms with Gasteiger partial charge in [-0.1, -0.05) is 41.0 Å². The molecule has 13 heavy (non-hydrogen) atoms. The van der Waals surface area contributed by atoms with Crippen LogP contribution in [0.4, 0.5) is 0 Å². The fourth-order valence-corrected chi connectivity index (χ4v) is 2.74. The molecule has 0 aromatic rings. The molecule has 0 aromatic heterocycles. The van der Waals surface area contributed by atoms with Crippen molar-refractivity contribution in [3.8, 4) is 0 Å². The van der Waals surface area contributed by atoms with Crippen LogP contribution in [-0.2, 0) is 0 Å². The van der Waals surface area contributed by atoms with Crippen molar-refractivity contribution in [1.82, 2.24) is 0 Å². The van der Waals surface area contributed by atoms with Crippen molar-refractivity contribution >= 4 is 0 Å². The molecule has 0 bridgehead atoms. The van der Waals surface area contributed by atoms with Crippen LogP contribution >= 0.6 is 0 Å². The van der Waals surface area contributed by atoms with E-state index in [0.717, 1.165) is 29.6 Å². The zero-order valence-corrected chi connectivity index (χ0v) is 10.0. The first-order chi connectivity index (χ1) is 6.02. The van der Waals surface area contributed by atoms with Crippen LogP contribution in [0.15, 0.2) is 0 Å². The Balaban J connectivity index is 2.20. The van der Waals surface area contributed by atoms with Crippen molar-refractivity contribution in [1.29, 1.82) is 0 Å². The van der Waals surface area contributed by atoms with Gasteiger partial charge in [0.1, 0.15) is 0 Å². The molecule has 1 saturated carbocycles. The summed E-state index contributed by atoms with van der Waals surface area (Å²) >= 11 is 0. The van der Waals surface area contributed by atoms with Crippen LogP contribution in [-0.4, -0.2) is 0 Å². The van der Waals surface area contributed by atoms with Crippen molar-refractivity contribution < 1.29 is 0 Å². The SMILES string of the molecule is CC(C)CCC1CC(C(C)C)C1C. The number of rotatable bonds is 4. The first-order valence-corrected chi connectivity index (χ1v) is 6.02. The van der Waals surface area contributed by atoms with E-state index >= 15 is 0 Å². The van der Waals surface area contributed by atoms with Crippen molar-refractivity contribution in [2.45, 2.75) is 53.9 Å². The second-order valence-electron chi connectivity index (χ2n) is 5.73. The molecule has 0 radical (unpaired) electrons. The Labute approximate surface area is 84.1 Å². The van der Waals surface area contributed by atoms with Gasteiger partial charge < -0.3 is 0 Å². The Morgan fingerprint density at radius 2 is 1.77 bits per heavy atom. The van der Waals surface area contributed by atoms with Crippen LogP contribution in [0.3, 0.4) is 0 Å². The predicted molar refractivity (Wildman–Crippen MR) is 59.7 cm³/mol. The van der Waals surface area contributed by atoms with Gasteiger partial charge in [0.25, 0.3) is 0 Å². The third-order valence-electron chi connectivity index (χ3n) is 3.96. The van der Waals surface area contributed by atoms with E-state index in [1.54, 1.807) is 0 Å². The van der Waals surface area contributed by atoms with E-state index in [2.05, 4.69) is 34.6 Å². The fourth-order valence-electron chi connectivity index (χ4n) is 2.74. The molecule has 0 spiro atoms. The molecule has 78 valence electrons. The number of hydrogen-bond donors (Lipinski definition) is 0. The van der Waals surface area contributed by atoms with Gasteiger partial charge in [0, 0.05) is 0 Å². The third-order valence-corrected chi connectivity index (χ3v) is 3.96. The molecule has 1 aliphatic carbocycles. The summed E-state index contributed by atoms with van der Waals surface area (Å²) in [4.78, 5) is 0. The van der Waals surface area contributed by atoms with Crippen LogP contribution in [0, 0.1) is 29.6 Å². The van der Waals surface area contributed by atoms with Crippen LogP contribution in [0.1, 0.15) is 53.9 Å². The molecule has 0 aliphatic heterocycles. The van der Waals surface area contributed by atoms with Gasteiger partial charge in [-0.2, -0.15) is 0 Å². The molecule has 0 heterocycles. The van der Waals surface area contributed by atoms with Gasteiger partial charge in [-0.3, -0.25) is 0 Å². The van der Waals surface area contributed by atoms with Gasteiger partial charge in [0.05, 0.1) is 0 Å². The topological polar surface area (TPSA) is 0 Å². The highest BCUT2D eigenvalue weighted by Gasteiger charge is 2.38. The summed E-state index contributed by atoms with van der Waals surface area (Å²) in [6.07, 6.45) is 4.41. The van der Waals surface area contributed by atoms with E-state index in [1.807, 2.05) is 0 Å². The second-order valence-corrected chi connectivity index (χ2v) is 5.73. The minimum atomic E-state index is 0.894. The average Bonchev–Trinajstić information content (AvgIpc) is 2.00. The zero-order valence-electron chi connectivity index (χ0n) is 10.0. The number of hydrogen-bond acceptors (Lipinski definition) is 0. The highest BCUT2D eigenvalue weighted by molar-refractivity contribution is 4.87. The fraction of sp³-hybridized carbons (Fsp3) is 1.00. The summed E-state index contributed by atoms with van der Waals surface area (Å²) in [7, 11) is 0. The molecule has 0 heteroatoms. The molecule has 0 saturated heterocycles. The Bertz CT molecular complexity index is 144. The molecule has 0 aromatic carbocycles. The second kappa shape index (κ2) is 4.48. The van der Waals surface area contributed by atoms with Gasteiger partial charge in [-0.25, -0.2) is 0 Å². The van der Waals surface area contributed by atoms with Crippen LogP contribution < -0.4 is 0 Å². The quantitative estimate of drug-likeness (QED) is 0.606. The highest BCUT2D eigenvalue weighted by atomic mass is 14.4. The van der Waals surface area contributed by atoms with E-state index in [4.69, 9.17) is 0 Å². The first-order valence-electron chi connectivity index (χ1n) is 6.02. The van der Waals surface area contributed by atoms with Crippen LogP contribution in [0.2, 0.25) is 0 Å². The largest absolute Gasteiger partial charge is 0.0628 e. The summed E-state index contributed by atoms with van der Waals surface area (Å²) in [6.45, 7) is 11.9. The van der Waals surface area contributed by atoms with Crippen molar-refractivity contribution in [3.05, 3.63) is 0 Å². The van der Waals surface area contributed by atoms with Crippen molar-refractivity contribution in [3.63, 3.8) is 0 Å². The van der Waals surface area contributed by atoms with Crippen molar-refractivity contribution in [2.24, 2.45) is 29.6 Å². The maximum absolute atomic E-state index is 2.46. The van der Waals surface area contributed by atoms with E-state index in [0.29, 0.717) is 0 Å². The van der Waals surface area contributed by atoms with E-state index in [9.17, 15) is 0 Å². The lowest BCUT2D eigenvalue weighted by Gasteiger charge is -2.46. The van der Waals surface area contributed by atoms with Gasteiger partial charge in [-0.15, -0.1) is 0 Å². The van der Waals surface area contributed by atoms with E-state index < -0.39 is 0 Å². The smallest absolute Gasteiger partial charge is 0.0360 e.